The van der Waals surface area contributed by atoms with Crippen LogP contribution in [0.3, 0.4) is 0 Å². The molecule has 0 fully saturated rings. The van der Waals surface area contributed by atoms with Crippen molar-refractivity contribution in [3.05, 3.63) is 0 Å². The molecule has 0 aromatic heterocycles. The van der Waals surface area contributed by atoms with E-state index in [0.29, 0.717) is 0 Å². The standard InChI is InChI=1S/Au.Na.2H2O3S/c;;2*1-4(2)3/h;;2*(H2,1,2,3)/q+3;+1;;/p-4. The fraction of sp³-hybridized carbons (Fsp3) is 0. The minimum absolute atomic E-state index is 0. The molecule has 0 aliphatic carbocycles. The van der Waals surface area contributed by atoms with E-state index in [1.165, 1.54) is 0 Å². The van der Waals surface area contributed by atoms with Gasteiger partial charge < -0.3 is 18.2 Å². The van der Waals surface area contributed by atoms with Crippen LogP contribution in [0, 0.1) is 0 Å². The molecule has 0 N–H and O–H groups in total. The van der Waals surface area contributed by atoms with Crippen LogP contribution in [-0.2, 0) is 45.1 Å². The number of rotatable bonds is 0. The Kier molecular flexibility index (Phi) is 38.7. The van der Waals surface area contributed by atoms with Crippen LogP contribution in [0.5, 0.6) is 0 Å². The van der Waals surface area contributed by atoms with Crippen LogP contribution in [0.1, 0.15) is 0 Å². The monoisotopic (exact) mass is 380 g/mol. The minimum Gasteiger partial charge on any atom is -0.784 e. The zero-order chi connectivity index (χ0) is 7.15. The van der Waals surface area contributed by atoms with E-state index in [4.69, 9.17) is 26.6 Å². The summed E-state index contributed by atoms with van der Waals surface area (Å²) in [6.45, 7) is 0. The van der Waals surface area contributed by atoms with Gasteiger partial charge in [0, 0.05) is 0 Å². The second-order valence-corrected chi connectivity index (χ2v) is 1.22. The molecular formula is AuNaO6S2. The minimum atomic E-state index is -3.11. The normalized spacial score (nSPS) is 7.00. The van der Waals surface area contributed by atoms with E-state index < -0.39 is 22.7 Å². The van der Waals surface area contributed by atoms with Crippen molar-refractivity contribution >= 4 is 22.7 Å². The zero-order valence-electron chi connectivity index (χ0n) is 4.57. The molecule has 0 spiro atoms. The third-order valence-electron chi connectivity index (χ3n) is 0. The van der Waals surface area contributed by atoms with Crippen molar-refractivity contribution in [2.45, 2.75) is 0 Å². The molecule has 0 unspecified atom stereocenters. The van der Waals surface area contributed by atoms with Crippen LogP contribution < -0.4 is 29.6 Å². The molecule has 0 aliphatic rings. The van der Waals surface area contributed by atoms with Crippen molar-refractivity contribution in [1.29, 1.82) is 0 Å². The van der Waals surface area contributed by atoms with Crippen molar-refractivity contribution in [2.75, 3.05) is 0 Å². The van der Waals surface area contributed by atoms with E-state index in [2.05, 4.69) is 0 Å². The zero-order valence-corrected chi connectivity index (χ0v) is 10.4. The van der Waals surface area contributed by atoms with Crippen molar-refractivity contribution in [1.82, 2.24) is 0 Å². The number of hydrogen-bond acceptors (Lipinski definition) is 6. The smallest absolute Gasteiger partial charge is 0.784 e. The maximum absolute atomic E-state index is 8.44. The third-order valence-corrected chi connectivity index (χ3v) is 0. The largest absolute Gasteiger partial charge is 3.00 e. The molecule has 0 amide bonds. The molecule has 0 bridgehead atoms. The molecule has 0 aliphatic heterocycles. The van der Waals surface area contributed by atoms with E-state index in [1.807, 2.05) is 0 Å². The molecule has 10 heteroatoms. The van der Waals surface area contributed by atoms with Gasteiger partial charge in [-0.15, -0.1) is 22.7 Å². The molecule has 0 saturated carbocycles. The van der Waals surface area contributed by atoms with Gasteiger partial charge in [-0.2, -0.15) is 0 Å². The Morgan fingerprint density at radius 1 is 0.800 bits per heavy atom. The fourth-order valence-electron chi connectivity index (χ4n) is 0. The van der Waals surface area contributed by atoms with E-state index in [1.54, 1.807) is 0 Å². The molecule has 0 aromatic rings. The van der Waals surface area contributed by atoms with Gasteiger partial charge in [0.15, 0.2) is 0 Å². The quantitative estimate of drug-likeness (QED) is 0.306. The molecule has 0 radical (unpaired) electrons. The molecule has 10 heavy (non-hydrogen) atoms. The Balaban J connectivity index is -0.0000000300. The van der Waals surface area contributed by atoms with Crippen LogP contribution in [0.15, 0.2) is 0 Å². The van der Waals surface area contributed by atoms with Gasteiger partial charge in [-0.3, -0.25) is 8.42 Å². The summed E-state index contributed by atoms with van der Waals surface area (Å²) in [5, 5.41) is 0. The summed E-state index contributed by atoms with van der Waals surface area (Å²) in [4.78, 5) is 0. The van der Waals surface area contributed by atoms with Gasteiger partial charge >= 0.3 is 51.9 Å². The molecule has 0 saturated heterocycles. The molecule has 6 nitrogen and oxygen atoms in total. The van der Waals surface area contributed by atoms with Gasteiger partial charge in [-0.05, 0) is 0 Å². The van der Waals surface area contributed by atoms with Gasteiger partial charge in [0.1, 0.15) is 0 Å². The predicted octanol–water partition coefficient (Wildman–Crippen LogP) is -5.01. The Hall–Kier alpha value is 1.88. The van der Waals surface area contributed by atoms with Crippen LogP contribution in [-0.4, -0.2) is 26.6 Å². The van der Waals surface area contributed by atoms with Gasteiger partial charge in [0.05, 0.1) is 0 Å². The summed E-state index contributed by atoms with van der Waals surface area (Å²) >= 11 is -6.22. The van der Waals surface area contributed by atoms with Gasteiger partial charge in [-0.25, -0.2) is 0 Å². The van der Waals surface area contributed by atoms with Crippen molar-refractivity contribution in [3.8, 4) is 0 Å². The van der Waals surface area contributed by atoms with Gasteiger partial charge in [-0.1, -0.05) is 0 Å². The van der Waals surface area contributed by atoms with E-state index in [0.717, 1.165) is 0 Å². The van der Waals surface area contributed by atoms with Crippen molar-refractivity contribution in [3.63, 3.8) is 0 Å². The summed E-state index contributed by atoms with van der Waals surface area (Å²) in [5.74, 6) is 0. The first-order chi connectivity index (χ1) is 3.46. The first kappa shape index (κ1) is 22.6. The fourth-order valence-corrected chi connectivity index (χ4v) is 0. The second kappa shape index (κ2) is 17.1. The Labute approximate surface area is 100 Å². The maximum Gasteiger partial charge on any atom is 3.00 e. The Bertz CT molecular complexity index is 73.7. The van der Waals surface area contributed by atoms with Crippen molar-refractivity contribution in [2.24, 2.45) is 0 Å². The molecule has 0 atom stereocenters. The summed E-state index contributed by atoms with van der Waals surface area (Å²) < 4.78 is 50.7. The van der Waals surface area contributed by atoms with Crippen LogP contribution >= 0.6 is 0 Å². The first-order valence-electron chi connectivity index (χ1n) is 1.00. The maximum atomic E-state index is 8.44. The predicted molar refractivity (Wildman–Crippen MR) is 19.4 cm³/mol. The van der Waals surface area contributed by atoms with Crippen molar-refractivity contribution < 1.29 is 78.6 Å². The summed E-state index contributed by atoms with van der Waals surface area (Å²) in [7, 11) is 0. The number of hydrogen-bond donors (Lipinski definition) is 0. The third kappa shape index (κ3) is 220. The average Bonchev–Trinajstić information content (AvgIpc) is 1.25. The topological polar surface area (TPSA) is 126 Å². The van der Waals surface area contributed by atoms with Crippen LogP contribution in [0.4, 0.5) is 0 Å². The average molecular weight is 380 g/mol. The first-order valence-corrected chi connectivity index (χ1v) is 3.00. The Morgan fingerprint density at radius 3 is 0.800 bits per heavy atom. The van der Waals surface area contributed by atoms with E-state index >= 15 is 0 Å². The van der Waals surface area contributed by atoms with Crippen LogP contribution in [0.2, 0.25) is 0 Å². The summed E-state index contributed by atoms with van der Waals surface area (Å²) in [6, 6.07) is 0. The van der Waals surface area contributed by atoms with E-state index in [-0.39, 0.29) is 51.9 Å². The Morgan fingerprint density at radius 2 is 0.800 bits per heavy atom. The molecule has 60 valence electrons. The SMILES string of the molecule is O=S([O-])[O-].O=S([O-])[O-].[Au+3].[Na+]. The summed E-state index contributed by atoms with van der Waals surface area (Å²) in [5.41, 5.74) is 0. The molecule has 0 aromatic carbocycles. The summed E-state index contributed by atoms with van der Waals surface area (Å²) in [6.07, 6.45) is 0. The second-order valence-electron chi connectivity index (χ2n) is 0.408. The molecule has 0 heterocycles. The van der Waals surface area contributed by atoms with E-state index in [9.17, 15) is 0 Å². The van der Waals surface area contributed by atoms with Gasteiger partial charge in [0.25, 0.3) is 0 Å². The van der Waals surface area contributed by atoms with Gasteiger partial charge in [0.2, 0.25) is 0 Å². The molecular weight excluding hydrogens is 380 g/mol. The molecule has 0 rings (SSSR count). The van der Waals surface area contributed by atoms with Crippen LogP contribution in [0.25, 0.3) is 0 Å².